The van der Waals surface area contributed by atoms with Gasteiger partial charge in [0.1, 0.15) is 0 Å². The van der Waals surface area contributed by atoms with Crippen molar-refractivity contribution in [3.63, 3.8) is 0 Å². The molecule has 0 aliphatic heterocycles. The normalized spacial score (nSPS) is 10.2. The van der Waals surface area contributed by atoms with Crippen molar-refractivity contribution in [2.75, 3.05) is 11.1 Å². The number of anilines is 2. The molecule has 0 saturated heterocycles. The SMILES string of the molecule is Cc1c(N)cccc1C(=O)Nc1ccn(C)n1. The molecule has 17 heavy (non-hydrogen) atoms. The van der Waals surface area contributed by atoms with Crippen LogP contribution in [0.5, 0.6) is 0 Å². The topological polar surface area (TPSA) is 72.9 Å². The summed E-state index contributed by atoms with van der Waals surface area (Å²) < 4.78 is 1.63. The van der Waals surface area contributed by atoms with Crippen molar-refractivity contribution in [3.8, 4) is 0 Å². The standard InChI is InChI=1S/C12H14N4O/c1-8-9(4-3-5-10(8)13)12(17)14-11-6-7-16(2)15-11/h3-7H,13H2,1-2H3,(H,14,15,17). The van der Waals surface area contributed by atoms with Crippen LogP contribution in [0.25, 0.3) is 0 Å². The van der Waals surface area contributed by atoms with Crippen molar-refractivity contribution >= 4 is 17.4 Å². The number of nitrogen functional groups attached to an aromatic ring is 1. The minimum Gasteiger partial charge on any atom is -0.398 e. The summed E-state index contributed by atoms with van der Waals surface area (Å²) in [6.45, 7) is 1.82. The quantitative estimate of drug-likeness (QED) is 0.769. The Hall–Kier alpha value is -2.30. The highest BCUT2D eigenvalue weighted by Crippen LogP contribution is 2.16. The first-order valence-electron chi connectivity index (χ1n) is 5.24. The van der Waals surface area contributed by atoms with Gasteiger partial charge in [0, 0.05) is 30.6 Å². The average Bonchev–Trinajstić information content (AvgIpc) is 2.68. The second-order valence-electron chi connectivity index (χ2n) is 3.85. The number of hydrogen-bond acceptors (Lipinski definition) is 3. The molecule has 1 aromatic heterocycles. The molecule has 0 aliphatic carbocycles. The molecule has 5 nitrogen and oxygen atoms in total. The first kappa shape index (κ1) is 11.2. The van der Waals surface area contributed by atoms with Crippen molar-refractivity contribution < 1.29 is 4.79 Å². The second kappa shape index (κ2) is 4.29. The Morgan fingerprint density at radius 1 is 1.41 bits per heavy atom. The van der Waals surface area contributed by atoms with Gasteiger partial charge in [-0.2, -0.15) is 5.10 Å². The highest BCUT2D eigenvalue weighted by molar-refractivity contribution is 6.05. The van der Waals surface area contributed by atoms with Crippen LogP contribution >= 0.6 is 0 Å². The van der Waals surface area contributed by atoms with Crippen LogP contribution in [0, 0.1) is 6.92 Å². The summed E-state index contributed by atoms with van der Waals surface area (Å²) >= 11 is 0. The maximum atomic E-state index is 12.0. The third-order valence-corrected chi connectivity index (χ3v) is 2.58. The number of carbonyl (C=O) groups excluding carboxylic acids is 1. The first-order chi connectivity index (χ1) is 8.08. The van der Waals surface area contributed by atoms with Gasteiger partial charge in [0.25, 0.3) is 5.91 Å². The Kier molecular flexibility index (Phi) is 2.82. The van der Waals surface area contributed by atoms with Gasteiger partial charge in [-0.25, -0.2) is 0 Å². The van der Waals surface area contributed by atoms with E-state index in [4.69, 9.17) is 5.73 Å². The van der Waals surface area contributed by atoms with Crippen LogP contribution in [-0.4, -0.2) is 15.7 Å². The Balaban J connectivity index is 2.23. The lowest BCUT2D eigenvalue weighted by molar-refractivity contribution is 0.102. The Morgan fingerprint density at radius 3 is 2.82 bits per heavy atom. The summed E-state index contributed by atoms with van der Waals surface area (Å²) in [6, 6.07) is 7.01. The molecule has 0 radical (unpaired) electrons. The van der Waals surface area contributed by atoms with Gasteiger partial charge in [-0.1, -0.05) is 6.07 Å². The zero-order chi connectivity index (χ0) is 12.4. The number of hydrogen-bond donors (Lipinski definition) is 2. The average molecular weight is 230 g/mol. The minimum absolute atomic E-state index is 0.200. The summed E-state index contributed by atoms with van der Waals surface area (Å²) in [5.74, 6) is 0.327. The summed E-state index contributed by atoms with van der Waals surface area (Å²) in [7, 11) is 1.79. The van der Waals surface area contributed by atoms with E-state index in [0.717, 1.165) is 5.56 Å². The third-order valence-electron chi connectivity index (χ3n) is 2.58. The molecule has 1 heterocycles. The van der Waals surface area contributed by atoms with Crippen molar-refractivity contribution in [2.45, 2.75) is 6.92 Å². The van der Waals surface area contributed by atoms with E-state index in [1.54, 1.807) is 42.2 Å². The molecule has 1 amide bonds. The van der Waals surface area contributed by atoms with E-state index in [2.05, 4.69) is 10.4 Å². The largest absolute Gasteiger partial charge is 0.398 e. The molecule has 2 rings (SSSR count). The smallest absolute Gasteiger partial charge is 0.257 e. The lowest BCUT2D eigenvalue weighted by atomic mass is 10.1. The molecule has 3 N–H and O–H groups in total. The van der Waals surface area contributed by atoms with Gasteiger partial charge in [-0.3, -0.25) is 9.48 Å². The first-order valence-corrected chi connectivity index (χ1v) is 5.24. The molecule has 0 aliphatic rings. The van der Waals surface area contributed by atoms with Crippen molar-refractivity contribution in [1.82, 2.24) is 9.78 Å². The zero-order valence-electron chi connectivity index (χ0n) is 9.77. The molecule has 0 atom stereocenters. The zero-order valence-corrected chi connectivity index (χ0v) is 9.77. The maximum absolute atomic E-state index is 12.0. The fourth-order valence-corrected chi connectivity index (χ4v) is 1.56. The van der Waals surface area contributed by atoms with Crippen LogP contribution in [0.3, 0.4) is 0 Å². The fraction of sp³-hybridized carbons (Fsp3) is 0.167. The van der Waals surface area contributed by atoms with Gasteiger partial charge >= 0.3 is 0 Å². The molecule has 0 spiro atoms. The van der Waals surface area contributed by atoms with Crippen LogP contribution in [0.15, 0.2) is 30.5 Å². The molecule has 0 saturated carbocycles. The van der Waals surface area contributed by atoms with Crippen LogP contribution < -0.4 is 11.1 Å². The van der Waals surface area contributed by atoms with Crippen LogP contribution in [0.2, 0.25) is 0 Å². The highest BCUT2D eigenvalue weighted by atomic mass is 16.1. The van der Waals surface area contributed by atoms with Gasteiger partial charge in [0.05, 0.1) is 0 Å². The number of nitrogens with two attached hydrogens (primary N) is 1. The Bertz CT molecular complexity index is 559. The van der Waals surface area contributed by atoms with Gasteiger partial charge in [-0.15, -0.1) is 0 Å². The Labute approximate surface area is 99.2 Å². The van der Waals surface area contributed by atoms with E-state index >= 15 is 0 Å². The third kappa shape index (κ3) is 2.28. The van der Waals surface area contributed by atoms with E-state index in [9.17, 15) is 4.79 Å². The number of aryl methyl sites for hydroxylation is 1. The molecule has 0 unspecified atom stereocenters. The van der Waals surface area contributed by atoms with Crippen LogP contribution in [0.4, 0.5) is 11.5 Å². The van der Waals surface area contributed by atoms with Crippen LogP contribution in [0.1, 0.15) is 15.9 Å². The summed E-state index contributed by atoms with van der Waals surface area (Å²) in [5, 5.41) is 6.80. The van der Waals surface area contributed by atoms with E-state index in [1.165, 1.54) is 0 Å². The van der Waals surface area contributed by atoms with E-state index in [0.29, 0.717) is 17.1 Å². The van der Waals surface area contributed by atoms with Gasteiger partial charge in [0.15, 0.2) is 5.82 Å². The molecule has 1 aromatic carbocycles. The molecule has 2 aromatic rings. The number of benzene rings is 1. The summed E-state index contributed by atoms with van der Waals surface area (Å²) in [5.41, 5.74) is 7.71. The van der Waals surface area contributed by atoms with E-state index in [-0.39, 0.29) is 5.91 Å². The lowest BCUT2D eigenvalue weighted by Crippen LogP contribution is -2.14. The number of nitrogens with one attached hydrogen (secondary N) is 1. The predicted molar refractivity (Wildman–Crippen MR) is 66.8 cm³/mol. The lowest BCUT2D eigenvalue weighted by Gasteiger charge is -2.07. The van der Waals surface area contributed by atoms with Gasteiger partial charge in [0.2, 0.25) is 0 Å². The van der Waals surface area contributed by atoms with Crippen molar-refractivity contribution in [1.29, 1.82) is 0 Å². The predicted octanol–water partition coefficient (Wildman–Crippen LogP) is 1.56. The monoisotopic (exact) mass is 230 g/mol. The summed E-state index contributed by atoms with van der Waals surface area (Å²) in [6.07, 6.45) is 1.77. The molecule has 0 fully saturated rings. The molecular formula is C12H14N4O. The van der Waals surface area contributed by atoms with Gasteiger partial charge in [-0.05, 0) is 24.6 Å². The van der Waals surface area contributed by atoms with Crippen LogP contribution in [-0.2, 0) is 7.05 Å². The molecular weight excluding hydrogens is 216 g/mol. The second-order valence-corrected chi connectivity index (χ2v) is 3.85. The fourth-order valence-electron chi connectivity index (χ4n) is 1.56. The molecule has 88 valence electrons. The minimum atomic E-state index is -0.200. The number of aromatic nitrogens is 2. The summed E-state index contributed by atoms with van der Waals surface area (Å²) in [4.78, 5) is 12.0. The molecule has 0 bridgehead atoms. The van der Waals surface area contributed by atoms with Gasteiger partial charge < -0.3 is 11.1 Å². The number of nitrogens with zero attached hydrogens (tertiary/aromatic N) is 2. The van der Waals surface area contributed by atoms with Crippen molar-refractivity contribution in [3.05, 3.63) is 41.6 Å². The highest BCUT2D eigenvalue weighted by Gasteiger charge is 2.11. The Morgan fingerprint density at radius 2 is 2.18 bits per heavy atom. The van der Waals surface area contributed by atoms with Crippen molar-refractivity contribution in [2.24, 2.45) is 7.05 Å². The van der Waals surface area contributed by atoms with E-state index < -0.39 is 0 Å². The number of rotatable bonds is 2. The number of carbonyl (C=O) groups is 1. The number of amides is 1. The van der Waals surface area contributed by atoms with E-state index in [1.807, 2.05) is 6.92 Å². The molecule has 5 heteroatoms. The maximum Gasteiger partial charge on any atom is 0.257 e.